The highest BCUT2D eigenvalue weighted by atomic mass is 35.5. The van der Waals surface area contributed by atoms with Crippen LogP contribution in [0.25, 0.3) is 0 Å². The van der Waals surface area contributed by atoms with Gasteiger partial charge in [-0.15, -0.1) is 10.2 Å². The molecule has 5 nitrogen and oxygen atoms in total. The number of pyridine rings is 1. The monoisotopic (exact) mass is 288 g/mol. The third-order valence-electron chi connectivity index (χ3n) is 3.18. The van der Waals surface area contributed by atoms with Crippen LogP contribution in [-0.4, -0.2) is 32.0 Å². The molecule has 0 aromatic carbocycles. The van der Waals surface area contributed by atoms with Gasteiger partial charge in [0, 0.05) is 25.0 Å². The first-order valence-electron chi connectivity index (χ1n) is 6.43. The fourth-order valence-electron chi connectivity index (χ4n) is 2.02. The van der Waals surface area contributed by atoms with Crippen LogP contribution in [0.4, 0.5) is 0 Å². The largest absolute Gasteiger partial charge is 0.330 e. The number of carbonyl (C=O) groups is 1. The molecule has 1 fully saturated rings. The summed E-state index contributed by atoms with van der Waals surface area (Å²) in [6, 6.07) is 7.31. The van der Waals surface area contributed by atoms with E-state index in [0.29, 0.717) is 18.3 Å². The van der Waals surface area contributed by atoms with E-state index < -0.39 is 0 Å². The predicted octanol–water partition coefficient (Wildman–Crippen LogP) is 2.33. The van der Waals surface area contributed by atoms with Gasteiger partial charge in [0.1, 0.15) is 0 Å². The number of amides is 1. The molecular weight excluding hydrogens is 276 g/mol. The van der Waals surface area contributed by atoms with Gasteiger partial charge in [0.05, 0.1) is 0 Å². The van der Waals surface area contributed by atoms with Gasteiger partial charge in [-0.1, -0.05) is 17.7 Å². The number of rotatable bonds is 4. The average molecular weight is 289 g/mol. The van der Waals surface area contributed by atoms with Crippen molar-refractivity contribution in [2.75, 3.05) is 0 Å². The van der Waals surface area contributed by atoms with Crippen LogP contribution in [-0.2, 0) is 6.54 Å². The minimum absolute atomic E-state index is 0.111. The molecule has 0 N–H and O–H groups in total. The molecule has 0 atom stereocenters. The van der Waals surface area contributed by atoms with Crippen LogP contribution in [0.3, 0.4) is 0 Å². The summed E-state index contributed by atoms with van der Waals surface area (Å²) in [7, 11) is 0. The summed E-state index contributed by atoms with van der Waals surface area (Å²) in [4.78, 5) is 18.4. The summed E-state index contributed by atoms with van der Waals surface area (Å²) in [5.74, 6) is -0.111. The van der Waals surface area contributed by atoms with E-state index in [-0.39, 0.29) is 11.1 Å². The Labute approximate surface area is 121 Å². The Morgan fingerprint density at radius 1 is 1.30 bits per heavy atom. The average Bonchev–Trinajstić information content (AvgIpc) is 3.30. The van der Waals surface area contributed by atoms with Crippen molar-refractivity contribution in [1.29, 1.82) is 0 Å². The van der Waals surface area contributed by atoms with Crippen LogP contribution < -0.4 is 0 Å². The lowest BCUT2D eigenvalue weighted by molar-refractivity contribution is 0.0722. The van der Waals surface area contributed by atoms with E-state index in [0.717, 1.165) is 18.4 Å². The Hall–Kier alpha value is -2.01. The van der Waals surface area contributed by atoms with Gasteiger partial charge in [0.25, 0.3) is 5.91 Å². The molecule has 2 heterocycles. The lowest BCUT2D eigenvalue weighted by Gasteiger charge is -2.21. The van der Waals surface area contributed by atoms with Crippen molar-refractivity contribution in [2.45, 2.75) is 25.4 Å². The van der Waals surface area contributed by atoms with Crippen molar-refractivity contribution < 1.29 is 4.79 Å². The Balaban J connectivity index is 1.80. The molecule has 0 spiro atoms. The fraction of sp³-hybridized carbons (Fsp3) is 0.286. The maximum atomic E-state index is 12.5. The number of halogens is 1. The molecule has 2 aromatic rings. The van der Waals surface area contributed by atoms with Gasteiger partial charge < -0.3 is 4.90 Å². The second kappa shape index (κ2) is 5.54. The lowest BCUT2D eigenvalue weighted by Crippen LogP contribution is -2.33. The maximum absolute atomic E-state index is 12.5. The van der Waals surface area contributed by atoms with Crippen LogP contribution in [0.1, 0.15) is 28.9 Å². The van der Waals surface area contributed by atoms with Gasteiger partial charge in [-0.05, 0) is 36.6 Å². The summed E-state index contributed by atoms with van der Waals surface area (Å²) in [5.41, 5.74) is 1.33. The van der Waals surface area contributed by atoms with E-state index in [9.17, 15) is 4.79 Å². The first kappa shape index (κ1) is 13.0. The van der Waals surface area contributed by atoms with Crippen LogP contribution in [0.15, 0.2) is 36.7 Å². The molecule has 0 saturated heterocycles. The second-order valence-corrected chi connectivity index (χ2v) is 5.15. The number of aromatic nitrogens is 3. The Kier molecular flexibility index (Phi) is 3.60. The van der Waals surface area contributed by atoms with E-state index in [1.807, 2.05) is 17.0 Å². The summed E-state index contributed by atoms with van der Waals surface area (Å²) in [6.07, 6.45) is 5.56. The molecule has 3 rings (SSSR count). The number of carbonyl (C=O) groups excluding carboxylic acids is 1. The van der Waals surface area contributed by atoms with Gasteiger partial charge in [-0.3, -0.25) is 9.78 Å². The molecule has 0 radical (unpaired) electrons. The van der Waals surface area contributed by atoms with Gasteiger partial charge in [0.2, 0.25) is 0 Å². The zero-order chi connectivity index (χ0) is 13.9. The van der Waals surface area contributed by atoms with Crippen LogP contribution in [0.5, 0.6) is 0 Å². The molecule has 1 amide bonds. The van der Waals surface area contributed by atoms with Crippen LogP contribution in [0.2, 0.25) is 5.15 Å². The lowest BCUT2D eigenvalue weighted by atomic mass is 10.2. The molecule has 1 aliphatic rings. The second-order valence-electron chi connectivity index (χ2n) is 4.77. The topological polar surface area (TPSA) is 59.0 Å². The third-order valence-corrected chi connectivity index (χ3v) is 3.38. The Bertz CT molecular complexity index is 598. The molecule has 20 heavy (non-hydrogen) atoms. The zero-order valence-electron chi connectivity index (χ0n) is 10.7. The summed E-state index contributed by atoms with van der Waals surface area (Å²) in [6.45, 7) is 0.543. The molecule has 2 aromatic heterocycles. The highest BCUT2D eigenvalue weighted by molar-refractivity contribution is 6.29. The normalized spacial score (nSPS) is 14.1. The molecular formula is C14H13ClN4O. The molecule has 0 bridgehead atoms. The predicted molar refractivity (Wildman–Crippen MR) is 74.2 cm³/mol. The van der Waals surface area contributed by atoms with Crippen molar-refractivity contribution in [3.05, 3.63) is 53.1 Å². The highest BCUT2D eigenvalue weighted by Gasteiger charge is 2.33. The Morgan fingerprint density at radius 2 is 2.15 bits per heavy atom. The maximum Gasteiger partial charge on any atom is 0.274 e. The van der Waals surface area contributed by atoms with Gasteiger partial charge in [-0.2, -0.15) is 0 Å². The third kappa shape index (κ3) is 2.93. The Morgan fingerprint density at radius 3 is 2.75 bits per heavy atom. The van der Waals surface area contributed by atoms with Crippen LogP contribution >= 0.6 is 11.6 Å². The summed E-state index contributed by atoms with van der Waals surface area (Å²) in [5, 5.41) is 7.87. The fourth-order valence-corrected chi connectivity index (χ4v) is 2.12. The van der Waals surface area contributed by atoms with E-state index in [4.69, 9.17) is 11.6 Å². The highest BCUT2D eigenvalue weighted by Crippen LogP contribution is 2.29. The number of hydrogen-bond acceptors (Lipinski definition) is 4. The van der Waals surface area contributed by atoms with Crippen molar-refractivity contribution in [3.8, 4) is 0 Å². The van der Waals surface area contributed by atoms with E-state index >= 15 is 0 Å². The summed E-state index contributed by atoms with van der Waals surface area (Å²) < 4.78 is 0. The van der Waals surface area contributed by atoms with E-state index in [1.54, 1.807) is 24.5 Å². The smallest absolute Gasteiger partial charge is 0.274 e. The van der Waals surface area contributed by atoms with Gasteiger partial charge in [-0.25, -0.2) is 0 Å². The zero-order valence-corrected chi connectivity index (χ0v) is 11.5. The van der Waals surface area contributed by atoms with E-state index in [1.165, 1.54) is 0 Å². The van der Waals surface area contributed by atoms with E-state index in [2.05, 4.69) is 15.2 Å². The molecule has 6 heteroatoms. The molecule has 0 aliphatic heterocycles. The van der Waals surface area contributed by atoms with Gasteiger partial charge >= 0.3 is 0 Å². The molecule has 0 unspecified atom stereocenters. The first-order chi connectivity index (χ1) is 9.74. The quantitative estimate of drug-likeness (QED) is 0.866. The van der Waals surface area contributed by atoms with Crippen molar-refractivity contribution in [1.82, 2.24) is 20.1 Å². The molecule has 1 saturated carbocycles. The van der Waals surface area contributed by atoms with Gasteiger partial charge in [0.15, 0.2) is 10.8 Å². The molecule has 102 valence electrons. The van der Waals surface area contributed by atoms with Crippen molar-refractivity contribution >= 4 is 17.5 Å². The molecule has 1 aliphatic carbocycles. The number of hydrogen-bond donors (Lipinski definition) is 0. The standard InChI is InChI=1S/C14H13ClN4O/c15-13-6-5-12(17-18-13)14(20)19(11-3-4-11)9-10-2-1-7-16-8-10/h1-2,5-8,11H,3-4,9H2. The van der Waals surface area contributed by atoms with Crippen molar-refractivity contribution in [3.63, 3.8) is 0 Å². The number of nitrogens with zero attached hydrogens (tertiary/aromatic N) is 4. The van der Waals surface area contributed by atoms with Crippen LogP contribution in [0, 0.1) is 0 Å². The summed E-state index contributed by atoms with van der Waals surface area (Å²) >= 11 is 5.69. The SMILES string of the molecule is O=C(c1ccc(Cl)nn1)N(Cc1cccnc1)C1CC1. The first-order valence-corrected chi connectivity index (χ1v) is 6.81. The minimum atomic E-state index is -0.111. The minimum Gasteiger partial charge on any atom is -0.330 e. The van der Waals surface area contributed by atoms with Crippen molar-refractivity contribution in [2.24, 2.45) is 0 Å².